The Labute approximate surface area is 95.5 Å². The number of rotatable bonds is 4. The van der Waals surface area contributed by atoms with E-state index in [1.807, 2.05) is 0 Å². The van der Waals surface area contributed by atoms with E-state index in [0.29, 0.717) is 0 Å². The number of nitrogens with zero attached hydrogens (tertiary/aromatic N) is 2. The van der Waals surface area contributed by atoms with Gasteiger partial charge in [0, 0.05) is 24.9 Å². The first-order valence-corrected chi connectivity index (χ1v) is 3.25. The zero-order valence-corrected chi connectivity index (χ0v) is 8.85. The van der Waals surface area contributed by atoms with E-state index in [0.717, 1.165) is 0 Å². The van der Waals surface area contributed by atoms with Gasteiger partial charge in [-0.15, -0.1) is 0 Å². The summed E-state index contributed by atoms with van der Waals surface area (Å²) in [5, 5.41) is 18.7. The molecule has 13 heavy (non-hydrogen) atoms. The van der Waals surface area contributed by atoms with Crippen LogP contribution < -0.4 is 10.2 Å². The van der Waals surface area contributed by atoms with Crippen molar-refractivity contribution in [2.75, 3.05) is 13.1 Å². The molecule has 0 aliphatic heterocycles. The van der Waals surface area contributed by atoms with E-state index in [1.54, 1.807) is 0 Å². The van der Waals surface area contributed by atoms with E-state index in [2.05, 4.69) is 33.6 Å². The van der Waals surface area contributed by atoms with E-state index in [9.17, 15) is 19.8 Å². The summed E-state index contributed by atoms with van der Waals surface area (Å²) in [7, 11) is 0. The van der Waals surface area contributed by atoms with Crippen molar-refractivity contribution in [1.29, 1.82) is 0 Å². The summed E-state index contributed by atoms with van der Waals surface area (Å²) in [5.74, 6) is -2.46. The van der Waals surface area contributed by atoms with E-state index >= 15 is 0 Å². The number of carboxylic acid groups (broad SMARTS) is 2. The van der Waals surface area contributed by atoms with Crippen LogP contribution in [0.4, 0.5) is 0 Å². The minimum absolute atomic E-state index is 0. The van der Waals surface area contributed by atoms with Gasteiger partial charge in [0.2, 0.25) is 0 Å². The Hall–Kier alpha value is -0.501. The molecule has 0 aliphatic rings. The van der Waals surface area contributed by atoms with Crippen LogP contribution in [0.2, 0.25) is 0 Å². The number of carbonyl (C=O) groups excluding carboxylic acids is 2. The Morgan fingerprint density at radius 3 is 1.23 bits per heavy atom. The fraction of sp³-hybridized carbons (Fsp3) is 0.500. The molecule has 0 spiro atoms. The van der Waals surface area contributed by atoms with Crippen molar-refractivity contribution in [1.82, 2.24) is 0 Å². The number of aliphatic carboxylic acids is 2. The van der Waals surface area contributed by atoms with Crippen LogP contribution in [-0.4, -0.2) is 25.0 Å². The third-order valence-corrected chi connectivity index (χ3v) is 0.645. The molecule has 0 saturated heterocycles. The van der Waals surface area contributed by atoms with Crippen molar-refractivity contribution < 1.29 is 36.9 Å². The van der Waals surface area contributed by atoms with Gasteiger partial charge in [-0.1, -0.05) is 0 Å². The first-order chi connectivity index (χ1) is 5.54. The standard InChI is InChI=1S/2C2H3NO2S.Fe/c2*4-2(5)1-3-6;/h2*1H2,(H,4,5);/q;;+2/p-2. The van der Waals surface area contributed by atoms with Crippen molar-refractivity contribution in [2.45, 2.75) is 0 Å². The van der Waals surface area contributed by atoms with Gasteiger partial charge >= 0.3 is 17.1 Å². The molecule has 9 heteroatoms. The van der Waals surface area contributed by atoms with E-state index in [-0.39, 0.29) is 30.2 Å². The van der Waals surface area contributed by atoms with Gasteiger partial charge < -0.3 is 19.8 Å². The van der Waals surface area contributed by atoms with E-state index in [4.69, 9.17) is 0 Å². The zero-order chi connectivity index (χ0) is 9.98. The Morgan fingerprint density at radius 1 is 1.00 bits per heavy atom. The first kappa shape index (κ1) is 18.3. The van der Waals surface area contributed by atoms with Gasteiger partial charge in [-0.2, -0.15) is 0 Å². The molecule has 0 N–H and O–H groups in total. The van der Waals surface area contributed by atoms with Gasteiger partial charge in [0.05, 0.1) is 25.0 Å². The molecule has 0 rings (SSSR count). The molecule has 0 heterocycles. The third-order valence-electron chi connectivity index (χ3n) is 0.387. The topological polar surface area (TPSA) is 105 Å². The maximum absolute atomic E-state index is 9.33. The molecule has 0 bridgehead atoms. The molecule has 0 unspecified atom stereocenters. The molecule has 0 saturated carbocycles. The first-order valence-electron chi connectivity index (χ1n) is 2.52. The predicted molar refractivity (Wildman–Crippen MR) is 39.3 cm³/mol. The average Bonchev–Trinajstić information content (AvgIpc) is 1.87. The molecule has 0 amide bonds. The number of hydrogen-bond donors (Lipinski definition) is 0. The Balaban J connectivity index is -0.000000143. The van der Waals surface area contributed by atoms with Gasteiger partial charge in [-0.3, -0.25) is 0 Å². The summed E-state index contributed by atoms with van der Waals surface area (Å²) in [6, 6.07) is 0. The maximum atomic E-state index is 9.33. The van der Waals surface area contributed by atoms with Crippen LogP contribution >= 0.6 is 0 Å². The summed E-state index contributed by atoms with van der Waals surface area (Å²) in [6.45, 7) is -0.759. The Bertz CT molecular complexity index is 169. The fourth-order valence-electron chi connectivity index (χ4n) is 0.105. The summed E-state index contributed by atoms with van der Waals surface area (Å²) in [6.07, 6.45) is 0. The summed E-state index contributed by atoms with van der Waals surface area (Å²) >= 11 is 7.86. The molecule has 0 aromatic heterocycles. The summed E-state index contributed by atoms with van der Waals surface area (Å²) in [4.78, 5) is 18.7. The average molecular weight is 264 g/mol. The van der Waals surface area contributed by atoms with Crippen molar-refractivity contribution in [3.8, 4) is 0 Å². The molecule has 0 aromatic rings. The van der Waals surface area contributed by atoms with Crippen LogP contribution in [0.5, 0.6) is 0 Å². The Kier molecular flexibility index (Phi) is 19.8. The predicted octanol–water partition coefficient (Wildman–Crippen LogP) is -3.07. The molecule has 0 aromatic carbocycles. The van der Waals surface area contributed by atoms with Crippen LogP contribution in [0.25, 0.3) is 0 Å². The molecule has 6 nitrogen and oxygen atoms in total. The second-order valence-electron chi connectivity index (χ2n) is 1.32. The third kappa shape index (κ3) is 34.3. The second-order valence-corrected chi connectivity index (χ2v) is 1.83. The van der Waals surface area contributed by atoms with Crippen LogP contribution in [0.1, 0.15) is 0 Å². The second kappa shape index (κ2) is 14.0. The summed E-state index contributed by atoms with van der Waals surface area (Å²) in [5.41, 5.74) is 0. The minimum Gasteiger partial charge on any atom is -0.548 e. The van der Waals surface area contributed by atoms with Gasteiger partial charge in [-0.25, -0.2) is 8.73 Å². The monoisotopic (exact) mass is 264 g/mol. The molecule has 0 aliphatic carbocycles. The van der Waals surface area contributed by atoms with Crippen LogP contribution in [0, 0.1) is 0 Å². The number of carboxylic acids is 2. The van der Waals surface area contributed by atoms with Gasteiger partial charge in [0.15, 0.2) is 0 Å². The van der Waals surface area contributed by atoms with Gasteiger partial charge in [-0.05, 0) is 0 Å². The number of hydrogen-bond acceptors (Lipinski definition) is 8. The largest absolute Gasteiger partial charge is 2.00 e. The molecular weight excluding hydrogens is 260 g/mol. The van der Waals surface area contributed by atoms with Gasteiger partial charge in [0.25, 0.3) is 0 Å². The minimum atomic E-state index is -1.23. The quantitative estimate of drug-likeness (QED) is 0.499. The summed E-state index contributed by atoms with van der Waals surface area (Å²) < 4.78 is 5.71. The molecule has 0 radical (unpaired) electrons. The van der Waals surface area contributed by atoms with Crippen LogP contribution in [0.3, 0.4) is 0 Å². The molecule has 74 valence electrons. The SMILES string of the molecule is O=C([O-])CN=S.O=C([O-])CN=S.[Fe+2]. The maximum Gasteiger partial charge on any atom is 2.00 e. The normalized spacial score (nSPS) is 6.77. The van der Waals surface area contributed by atoms with E-state index < -0.39 is 11.9 Å². The van der Waals surface area contributed by atoms with Gasteiger partial charge in [0.1, 0.15) is 0 Å². The molecule has 0 fully saturated rings. The van der Waals surface area contributed by atoms with Crippen molar-refractivity contribution in [2.24, 2.45) is 8.73 Å². The number of carbonyl (C=O) groups is 2. The van der Waals surface area contributed by atoms with E-state index in [1.165, 1.54) is 0 Å². The molecule has 0 atom stereocenters. The molecular formula is C4H4FeN2O4S2. The van der Waals surface area contributed by atoms with Crippen molar-refractivity contribution >= 4 is 36.8 Å². The fourth-order valence-corrected chi connectivity index (χ4v) is 0.316. The van der Waals surface area contributed by atoms with Crippen LogP contribution in [0.15, 0.2) is 8.73 Å². The van der Waals surface area contributed by atoms with Crippen LogP contribution in [-0.2, 0) is 51.5 Å². The smallest absolute Gasteiger partial charge is 0.548 e. The zero-order valence-electron chi connectivity index (χ0n) is 6.11. The Morgan fingerprint density at radius 2 is 1.23 bits per heavy atom. The van der Waals surface area contributed by atoms with Crippen molar-refractivity contribution in [3.63, 3.8) is 0 Å². The van der Waals surface area contributed by atoms with Crippen molar-refractivity contribution in [3.05, 3.63) is 0 Å².